The highest BCUT2D eigenvalue weighted by molar-refractivity contribution is 6.12. The van der Waals surface area contributed by atoms with Gasteiger partial charge in [0.2, 0.25) is 5.78 Å². The maximum atomic E-state index is 13.6. The molecule has 30 heavy (non-hydrogen) atoms. The number of Topliss-reactive ketones (excluding diaryl/α,β-unsaturated/α-hetero) is 2. The van der Waals surface area contributed by atoms with Crippen molar-refractivity contribution in [2.24, 2.45) is 0 Å². The topological polar surface area (TPSA) is 87.7 Å². The van der Waals surface area contributed by atoms with Gasteiger partial charge in [0.05, 0.1) is 5.54 Å². The molecule has 5 rings (SSSR count). The van der Waals surface area contributed by atoms with Crippen molar-refractivity contribution in [3.8, 4) is 0 Å². The first-order chi connectivity index (χ1) is 13.9. The number of benzene rings is 2. The van der Waals surface area contributed by atoms with E-state index in [1.54, 1.807) is 13.0 Å². The Labute approximate surface area is 175 Å². The summed E-state index contributed by atoms with van der Waals surface area (Å²) in [4.78, 5) is 27.0. The van der Waals surface area contributed by atoms with Crippen LogP contribution in [-0.2, 0) is 4.74 Å². The SMILES string of the molecule is Cc1ccc2c(c1)C(=O)[C@]1(C)O[C@@]3(C[C@]1(C)N2)Nc1ccc(C)cc1C(=O)[C@@]3(C)O. The van der Waals surface area contributed by atoms with Gasteiger partial charge in [-0.25, -0.2) is 0 Å². The first-order valence-electron chi connectivity index (χ1n) is 10.2. The van der Waals surface area contributed by atoms with Crippen molar-refractivity contribution in [1.82, 2.24) is 0 Å². The number of rotatable bonds is 0. The van der Waals surface area contributed by atoms with Gasteiger partial charge in [-0.2, -0.15) is 0 Å². The molecule has 1 saturated heterocycles. The third-order valence-corrected chi connectivity index (χ3v) is 7.28. The molecule has 6 heteroatoms. The Balaban J connectivity index is 1.66. The third-order valence-electron chi connectivity index (χ3n) is 7.28. The first-order valence-corrected chi connectivity index (χ1v) is 10.2. The fraction of sp³-hybridized carbons (Fsp3) is 0.417. The Bertz CT molecular complexity index is 1140. The van der Waals surface area contributed by atoms with E-state index in [0.29, 0.717) is 16.8 Å². The van der Waals surface area contributed by atoms with Crippen LogP contribution in [0.4, 0.5) is 11.4 Å². The van der Waals surface area contributed by atoms with Crippen molar-refractivity contribution < 1.29 is 19.4 Å². The molecule has 3 heterocycles. The van der Waals surface area contributed by atoms with Crippen LogP contribution in [0, 0.1) is 13.8 Å². The number of ether oxygens (including phenoxy) is 1. The second-order valence-electron chi connectivity index (χ2n) is 9.55. The van der Waals surface area contributed by atoms with E-state index in [1.807, 2.05) is 51.1 Å². The molecule has 1 fully saturated rings. The number of aryl methyl sites for hydroxylation is 2. The fourth-order valence-electron chi connectivity index (χ4n) is 5.21. The van der Waals surface area contributed by atoms with Gasteiger partial charge in [-0.3, -0.25) is 9.59 Å². The minimum absolute atomic E-state index is 0.154. The molecule has 2 aromatic carbocycles. The highest BCUT2D eigenvalue weighted by Crippen LogP contribution is 2.57. The van der Waals surface area contributed by atoms with Gasteiger partial charge in [0.15, 0.2) is 22.7 Å². The molecule has 0 aliphatic carbocycles. The lowest BCUT2D eigenvalue weighted by Gasteiger charge is -2.46. The van der Waals surface area contributed by atoms with E-state index in [1.165, 1.54) is 6.92 Å². The molecule has 3 aliphatic heterocycles. The average Bonchev–Trinajstić information content (AvgIpc) is 2.91. The van der Waals surface area contributed by atoms with Crippen LogP contribution in [0.1, 0.15) is 59.0 Å². The fourth-order valence-corrected chi connectivity index (χ4v) is 5.21. The molecule has 2 aromatic rings. The van der Waals surface area contributed by atoms with E-state index in [2.05, 4.69) is 10.6 Å². The number of carbonyl (C=O) groups excluding carboxylic acids is 2. The molecule has 0 unspecified atom stereocenters. The summed E-state index contributed by atoms with van der Waals surface area (Å²) in [7, 11) is 0. The van der Waals surface area contributed by atoms with Crippen molar-refractivity contribution in [3.05, 3.63) is 58.7 Å². The number of hydrogen-bond acceptors (Lipinski definition) is 6. The predicted octanol–water partition coefficient (Wildman–Crippen LogP) is 3.61. The highest BCUT2D eigenvalue weighted by Gasteiger charge is 2.73. The monoisotopic (exact) mass is 406 g/mol. The third kappa shape index (κ3) is 2.15. The lowest BCUT2D eigenvalue weighted by Crippen LogP contribution is -2.65. The zero-order valence-electron chi connectivity index (χ0n) is 17.8. The Morgan fingerprint density at radius 2 is 1.40 bits per heavy atom. The number of aliphatic hydroxyl groups is 1. The molecule has 4 atom stereocenters. The summed E-state index contributed by atoms with van der Waals surface area (Å²) in [6.07, 6.45) is 0.224. The predicted molar refractivity (Wildman–Crippen MR) is 114 cm³/mol. The zero-order valence-corrected chi connectivity index (χ0v) is 17.8. The van der Waals surface area contributed by atoms with Crippen LogP contribution < -0.4 is 10.6 Å². The molecule has 0 saturated carbocycles. The summed E-state index contributed by atoms with van der Waals surface area (Å²) in [6, 6.07) is 11.2. The van der Waals surface area contributed by atoms with E-state index >= 15 is 0 Å². The van der Waals surface area contributed by atoms with Crippen molar-refractivity contribution in [2.45, 2.75) is 63.5 Å². The maximum Gasteiger partial charge on any atom is 0.201 e. The van der Waals surface area contributed by atoms with Crippen molar-refractivity contribution in [3.63, 3.8) is 0 Å². The summed E-state index contributed by atoms with van der Waals surface area (Å²) in [6.45, 7) is 8.97. The zero-order chi connectivity index (χ0) is 21.7. The van der Waals surface area contributed by atoms with Gasteiger partial charge in [0.1, 0.15) is 0 Å². The van der Waals surface area contributed by atoms with Crippen LogP contribution in [0.25, 0.3) is 0 Å². The molecule has 156 valence electrons. The second kappa shape index (κ2) is 5.50. The molecule has 0 bridgehead atoms. The lowest BCUT2D eigenvalue weighted by atomic mass is 9.70. The summed E-state index contributed by atoms with van der Waals surface area (Å²) in [5.41, 5.74) is -1.17. The molecular formula is C24H26N2O4. The molecule has 0 radical (unpaired) electrons. The normalized spacial score (nSPS) is 36.6. The number of ketones is 2. The summed E-state index contributed by atoms with van der Waals surface area (Å²) in [5.74, 6) is -0.564. The van der Waals surface area contributed by atoms with Gasteiger partial charge in [0.25, 0.3) is 0 Å². The molecule has 3 aliphatic rings. The van der Waals surface area contributed by atoms with Crippen LogP contribution >= 0.6 is 0 Å². The van der Waals surface area contributed by atoms with Crippen LogP contribution in [0.3, 0.4) is 0 Å². The Morgan fingerprint density at radius 1 is 0.867 bits per heavy atom. The minimum atomic E-state index is -1.86. The van der Waals surface area contributed by atoms with Gasteiger partial charge in [-0.05, 0) is 58.9 Å². The molecule has 6 nitrogen and oxygen atoms in total. The van der Waals surface area contributed by atoms with Gasteiger partial charge in [-0.1, -0.05) is 23.3 Å². The van der Waals surface area contributed by atoms with E-state index in [4.69, 9.17) is 4.74 Å². The van der Waals surface area contributed by atoms with Gasteiger partial charge >= 0.3 is 0 Å². The minimum Gasteiger partial charge on any atom is -0.377 e. The molecule has 3 N–H and O–H groups in total. The van der Waals surface area contributed by atoms with E-state index in [-0.39, 0.29) is 12.2 Å². The number of carbonyl (C=O) groups is 2. The average molecular weight is 406 g/mol. The lowest BCUT2D eigenvalue weighted by molar-refractivity contribution is -0.150. The van der Waals surface area contributed by atoms with Crippen molar-refractivity contribution in [1.29, 1.82) is 0 Å². The molecular weight excluding hydrogens is 380 g/mol. The van der Waals surface area contributed by atoms with Gasteiger partial charge in [0, 0.05) is 28.9 Å². The highest BCUT2D eigenvalue weighted by atomic mass is 16.6. The summed E-state index contributed by atoms with van der Waals surface area (Å²) < 4.78 is 6.47. The van der Waals surface area contributed by atoms with Crippen LogP contribution in [0.2, 0.25) is 0 Å². The van der Waals surface area contributed by atoms with E-state index < -0.39 is 28.2 Å². The molecule has 0 amide bonds. The Kier molecular flexibility index (Phi) is 3.54. The van der Waals surface area contributed by atoms with Gasteiger partial charge < -0.3 is 20.5 Å². The number of anilines is 2. The Morgan fingerprint density at radius 3 is 2.00 bits per heavy atom. The van der Waals surface area contributed by atoms with Gasteiger partial charge in [-0.15, -0.1) is 0 Å². The van der Waals surface area contributed by atoms with Crippen molar-refractivity contribution in [2.75, 3.05) is 10.6 Å². The standard InChI is InChI=1S/C24H26N2O4/c1-13-7-9-18-15(10-13)19(27)22(4,29)24(26-18)12-21(3)23(5,30-24)20(28)16-11-14(2)6-8-17(16)25-21/h6-11,25-26,29H,12H2,1-5H3/t21-,22+,23-,24+/m0/s1. The van der Waals surface area contributed by atoms with Crippen molar-refractivity contribution >= 4 is 22.9 Å². The van der Waals surface area contributed by atoms with Crippen LogP contribution in [-0.4, -0.2) is 39.1 Å². The van der Waals surface area contributed by atoms with E-state index in [0.717, 1.165) is 16.8 Å². The first kappa shape index (κ1) is 19.3. The smallest absolute Gasteiger partial charge is 0.201 e. The molecule has 1 spiro atoms. The molecule has 0 aromatic heterocycles. The van der Waals surface area contributed by atoms with Crippen LogP contribution in [0.5, 0.6) is 0 Å². The largest absolute Gasteiger partial charge is 0.377 e. The van der Waals surface area contributed by atoms with Crippen LogP contribution in [0.15, 0.2) is 36.4 Å². The number of fused-ring (bicyclic) bond motifs is 3. The summed E-state index contributed by atoms with van der Waals surface area (Å²) >= 11 is 0. The maximum absolute atomic E-state index is 13.6. The quantitative estimate of drug-likeness (QED) is 0.620. The summed E-state index contributed by atoms with van der Waals surface area (Å²) in [5, 5.41) is 18.3. The second-order valence-corrected chi connectivity index (χ2v) is 9.55. The van der Waals surface area contributed by atoms with E-state index in [9.17, 15) is 14.7 Å². The Hall–Kier alpha value is -2.70. The number of nitrogens with one attached hydrogen (secondary N) is 2. The number of hydrogen-bond donors (Lipinski definition) is 3.